The molecule has 0 unspecified atom stereocenters. The molecule has 1 aromatic heterocycles. The van der Waals surface area contributed by atoms with Crippen LogP contribution in [0.5, 0.6) is 0 Å². The monoisotopic (exact) mass is 509 g/mol. The van der Waals surface area contributed by atoms with E-state index >= 15 is 0 Å². The molecule has 4 aromatic carbocycles. The molecule has 0 spiro atoms. The Bertz CT molecular complexity index is 1310. The van der Waals surface area contributed by atoms with Gasteiger partial charge in [-0.1, -0.05) is 53.1 Å². The van der Waals surface area contributed by atoms with Gasteiger partial charge in [-0.25, -0.2) is 0 Å². The predicted molar refractivity (Wildman–Crippen MR) is 114 cm³/mol. The summed E-state index contributed by atoms with van der Waals surface area (Å²) in [6.45, 7) is 6.41. The molecule has 0 atom stereocenters. The Hall–Kier alpha value is -1.73. The number of hydrogen-bond donors (Lipinski definition) is 0. The SMILES string of the molecule is Cc1ccc(-c2cc3c(-c4ccc5ccccc5c4)c(C)c(C)cc3[cH-]2)o1.[Cl-].[Cl-].[Zr+3]. The van der Waals surface area contributed by atoms with Crippen LogP contribution in [0.3, 0.4) is 0 Å². The number of furan rings is 1. The number of hydrogen-bond acceptors (Lipinski definition) is 1. The molecule has 0 fully saturated rings. The van der Waals surface area contributed by atoms with Crippen molar-refractivity contribution >= 4 is 21.5 Å². The van der Waals surface area contributed by atoms with Gasteiger partial charge in [0.15, 0.2) is 0 Å². The number of aryl methyl sites for hydroxylation is 2. The third-order valence-electron chi connectivity index (χ3n) is 5.59. The zero-order chi connectivity index (χ0) is 18.5. The van der Waals surface area contributed by atoms with Crippen molar-refractivity contribution in [3.63, 3.8) is 0 Å². The van der Waals surface area contributed by atoms with E-state index in [1.165, 1.54) is 43.8 Å². The van der Waals surface area contributed by atoms with E-state index in [9.17, 15) is 0 Å². The molecule has 1 heterocycles. The van der Waals surface area contributed by atoms with Crippen LogP contribution in [0.25, 0.3) is 44.0 Å². The molecule has 0 aliphatic carbocycles. The zero-order valence-corrected chi connectivity index (χ0v) is 21.1. The third-order valence-corrected chi connectivity index (χ3v) is 5.59. The average molecular weight is 512 g/mol. The van der Waals surface area contributed by atoms with Crippen molar-refractivity contribution in [2.24, 2.45) is 0 Å². The second kappa shape index (κ2) is 9.60. The Morgan fingerprint density at radius 2 is 1.50 bits per heavy atom. The van der Waals surface area contributed by atoms with Gasteiger partial charge in [0.25, 0.3) is 0 Å². The molecule has 0 aliphatic heterocycles. The van der Waals surface area contributed by atoms with Crippen molar-refractivity contribution < 1.29 is 55.4 Å². The van der Waals surface area contributed by atoms with Crippen molar-refractivity contribution in [1.82, 2.24) is 0 Å². The number of benzene rings is 3. The van der Waals surface area contributed by atoms with Gasteiger partial charge >= 0.3 is 26.2 Å². The largest absolute Gasteiger partial charge is 3.00 e. The van der Waals surface area contributed by atoms with E-state index in [4.69, 9.17) is 4.42 Å². The summed E-state index contributed by atoms with van der Waals surface area (Å²) < 4.78 is 5.86. The third kappa shape index (κ3) is 4.19. The van der Waals surface area contributed by atoms with Gasteiger partial charge in [0.1, 0.15) is 0 Å². The van der Waals surface area contributed by atoms with Crippen LogP contribution < -0.4 is 24.8 Å². The Kier molecular flexibility index (Phi) is 7.86. The first-order chi connectivity index (χ1) is 13.1. The van der Waals surface area contributed by atoms with Crippen molar-refractivity contribution in [1.29, 1.82) is 0 Å². The minimum atomic E-state index is 0. The molecule has 0 aliphatic rings. The van der Waals surface area contributed by atoms with Crippen LogP contribution in [0, 0.1) is 20.8 Å². The summed E-state index contributed by atoms with van der Waals surface area (Å²) in [5, 5.41) is 5.11. The average Bonchev–Trinajstić information content (AvgIpc) is 3.28. The van der Waals surface area contributed by atoms with Crippen molar-refractivity contribution in [3.8, 4) is 22.5 Å². The van der Waals surface area contributed by atoms with Gasteiger partial charge < -0.3 is 29.2 Å². The van der Waals surface area contributed by atoms with Crippen LogP contribution in [-0.2, 0) is 26.2 Å². The quantitative estimate of drug-likeness (QED) is 0.328. The smallest absolute Gasteiger partial charge is 1.00 e. The number of halogens is 2. The van der Waals surface area contributed by atoms with Crippen LogP contribution in [0.4, 0.5) is 0 Å². The van der Waals surface area contributed by atoms with E-state index in [1.54, 1.807) is 0 Å². The summed E-state index contributed by atoms with van der Waals surface area (Å²) in [4.78, 5) is 0. The summed E-state index contributed by atoms with van der Waals surface area (Å²) >= 11 is 0. The Morgan fingerprint density at radius 1 is 0.767 bits per heavy atom. The molecule has 0 saturated carbocycles. The maximum atomic E-state index is 5.86. The Morgan fingerprint density at radius 3 is 2.20 bits per heavy atom. The Labute approximate surface area is 208 Å². The Balaban J connectivity index is 0.00000107. The van der Waals surface area contributed by atoms with E-state index in [0.29, 0.717) is 0 Å². The number of fused-ring (bicyclic) bond motifs is 2. The van der Waals surface area contributed by atoms with Gasteiger partial charge in [-0.05, 0) is 60.9 Å². The molecule has 30 heavy (non-hydrogen) atoms. The molecule has 4 heteroatoms. The van der Waals surface area contributed by atoms with Gasteiger partial charge in [-0.3, -0.25) is 0 Å². The maximum absolute atomic E-state index is 5.86. The van der Waals surface area contributed by atoms with Crippen LogP contribution in [0.1, 0.15) is 16.9 Å². The molecular formula is C26H21Cl2OZr. The van der Waals surface area contributed by atoms with E-state index in [2.05, 4.69) is 80.6 Å². The maximum Gasteiger partial charge on any atom is 3.00 e. The molecule has 0 amide bonds. The van der Waals surface area contributed by atoms with Gasteiger partial charge in [0.2, 0.25) is 0 Å². The van der Waals surface area contributed by atoms with E-state index in [1.807, 2.05) is 13.0 Å². The minimum Gasteiger partial charge on any atom is -1.00 e. The fourth-order valence-electron chi connectivity index (χ4n) is 4.05. The molecule has 1 nitrogen and oxygen atoms in total. The fourth-order valence-corrected chi connectivity index (χ4v) is 4.05. The zero-order valence-electron chi connectivity index (χ0n) is 17.1. The van der Waals surface area contributed by atoms with Crippen molar-refractivity contribution in [2.75, 3.05) is 0 Å². The van der Waals surface area contributed by atoms with Gasteiger partial charge in [0, 0.05) is 0 Å². The van der Waals surface area contributed by atoms with Crippen LogP contribution in [0.2, 0.25) is 0 Å². The van der Waals surface area contributed by atoms with E-state index in [-0.39, 0.29) is 51.0 Å². The second-order valence-electron chi connectivity index (χ2n) is 7.41. The van der Waals surface area contributed by atoms with Gasteiger partial charge in [0.05, 0.1) is 11.5 Å². The summed E-state index contributed by atoms with van der Waals surface area (Å²) in [6.07, 6.45) is 0. The molecule has 149 valence electrons. The summed E-state index contributed by atoms with van der Waals surface area (Å²) in [5.74, 6) is 1.88. The van der Waals surface area contributed by atoms with Gasteiger partial charge in [-0.2, -0.15) is 0 Å². The molecule has 0 bridgehead atoms. The first kappa shape index (κ1) is 24.5. The molecule has 0 N–H and O–H groups in total. The van der Waals surface area contributed by atoms with Gasteiger partial charge in [-0.15, -0.1) is 29.0 Å². The molecule has 1 radical (unpaired) electrons. The standard InChI is InChI=1S/C26H21O.2ClH.Zr/c1-16-12-22-14-23(25-11-8-17(2)27-25)15-24(22)26(18(16)3)21-10-9-19-6-4-5-7-20(19)13-21;;;/h4-15H,1-3H3;2*1H;/q-1;;;+3/p-2. The predicted octanol–water partition coefficient (Wildman–Crippen LogP) is 1.57. The fraction of sp³-hybridized carbons (Fsp3) is 0.115. The first-order valence-corrected chi connectivity index (χ1v) is 9.37. The molecule has 0 saturated heterocycles. The van der Waals surface area contributed by atoms with Crippen LogP contribution in [-0.4, -0.2) is 0 Å². The summed E-state index contributed by atoms with van der Waals surface area (Å²) in [5.41, 5.74) is 6.40. The first-order valence-electron chi connectivity index (χ1n) is 9.37. The minimum absolute atomic E-state index is 0. The second-order valence-corrected chi connectivity index (χ2v) is 7.41. The van der Waals surface area contributed by atoms with Crippen LogP contribution >= 0.6 is 0 Å². The molecule has 5 aromatic rings. The van der Waals surface area contributed by atoms with Crippen molar-refractivity contribution in [3.05, 3.63) is 89.7 Å². The van der Waals surface area contributed by atoms with E-state index in [0.717, 1.165) is 17.1 Å². The topological polar surface area (TPSA) is 13.1 Å². The van der Waals surface area contributed by atoms with Crippen LogP contribution in [0.15, 0.2) is 77.2 Å². The summed E-state index contributed by atoms with van der Waals surface area (Å²) in [7, 11) is 0. The van der Waals surface area contributed by atoms with Crippen molar-refractivity contribution in [2.45, 2.75) is 20.8 Å². The van der Waals surface area contributed by atoms with E-state index < -0.39 is 0 Å². The summed E-state index contributed by atoms with van der Waals surface area (Å²) in [6, 6.07) is 26.2. The normalized spacial score (nSPS) is 10.4. The molecule has 5 rings (SSSR count). The number of rotatable bonds is 2. The molecular weight excluding hydrogens is 490 g/mol.